The SMILES string of the molecule is Cc1ccc(NC(=O)C2CC2)cc1NC(=O)[C@@H]1CC(c2ccccc2)=NO1. The molecule has 2 aromatic carbocycles. The van der Waals surface area contributed by atoms with Crippen molar-refractivity contribution in [2.24, 2.45) is 11.1 Å². The van der Waals surface area contributed by atoms with E-state index in [2.05, 4.69) is 15.8 Å². The van der Waals surface area contributed by atoms with Gasteiger partial charge in [-0.15, -0.1) is 0 Å². The first kappa shape index (κ1) is 17.3. The Morgan fingerprint density at radius 1 is 1.04 bits per heavy atom. The molecular formula is C21H21N3O3. The zero-order chi connectivity index (χ0) is 18.8. The minimum absolute atomic E-state index is 0.0381. The Kier molecular flexibility index (Phi) is 4.62. The van der Waals surface area contributed by atoms with Crippen molar-refractivity contribution >= 4 is 28.9 Å². The number of benzene rings is 2. The summed E-state index contributed by atoms with van der Waals surface area (Å²) in [5.74, 6) is -0.0839. The van der Waals surface area contributed by atoms with E-state index in [0.717, 1.165) is 29.7 Å². The molecule has 138 valence electrons. The highest BCUT2D eigenvalue weighted by Gasteiger charge is 2.30. The van der Waals surface area contributed by atoms with Crippen molar-refractivity contribution in [2.45, 2.75) is 32.3 Å². The number of nitrogens with one attached hydrogen (secondary N) is 2. The normalized spacial score (nSPS) is 18.4. The molecule has 1 aliphatic heterocycles. The number of aryl methyl sites for hydroxylation is 1. The van der Waals surface area contributed by atoms with E-state index in [1.807, 2.05) is 49.4 Å². The molecule has 2 amide bonds. The van der Waals surface area contributed by atoms with Crippen LogP contribution in [0.25, 0.3) is 0 Å². The fraction of sp³-hybridized carbons (Fsp3) is 0.286. The molecule has 1 saturated carbocycles. The summed E-state index contributed by atoms with van der Waals surface area (Å²) in [6, 6.07) is 15.2. The predicted molar refractivity (Wildman–Crippen MR) is 104 cm³/mol. The number of hydrogen-bond acceptors (Lipinski definition) is 4. The van der Waals surface area contributed by atoms with E-state index in [1.54, 1.807) is 6.07 Å². The number of carbonyl (C=O) groups is 2. The van der Waals surface area contributed by atoms with Gasteiger partial charge < -0.3 is 15.5 Å². The molecular weight excluding hydrogens is 342 g/mol. The Labute approximate surface area is 157 Å². The molecule has 1 heterocycles. The molecule has 0 bridgehead atoms. The highest BCUT2D eigenvalue weighted by atomic mass is 16.6. The van der Waals surface area contributed by atoms with Gasteiger partial charge >= 0.3 is 0 Å². The molecule has 4 rings (SSSR count). The van der Waals surface area contributed by atoms with Gasteiger partial charge in [-0.1, -0.05) is 41.6 Å². The molecule has 0 unspecified atom stereocenters. The lowest BCUT2D eigenvalue weighted by molar-refractivity contribution is -0.125. The molecule has 2 aliphatic rings. The van der Waals surface area contributed by atoms with E-state index in [4.69, 9.17) is 4.84 Å². The van der Waals surface area contributed by atoms with Gasteiger partial charge in [0.25, 0.3) is 5.91 Å². The zero-order valence-corrected chi connectivity index (χ0v) is 15.1. The number of anilines is 2. The molecule has 0 aromatic heterocycles. The van der Waals surface area contributed by atoms with E-state index < -0.39 is 6.10 Å². The summed E-state index contributed by atoms with van der Waals surface area (Å²) in [6.45, 7) is 1.91. The van der Waals surface area contributed by atoms with E-state index in [1.165, 1.54) is 0 Å². The average molecular weight is 363 g/mol. The standard InChI is InChI=1S/C21H21N3O3/c1-13-7-10-16(22-20(25)15-8-9-15)11-17(13)23-21(26)19-12-18(24-27-19)14-5-3-2-4-6-14/h2-7,10-11,15,19H,8-9,12H2,1H3,(H,22,25)(H,23,26)/t19-/m0/s1. The van der Waals surface area contributed by atoms with Crippen LogP contribution in [0.2, 0.25) is 0 Å². The first-order chi connectivity index (χ1) is 13.1. The first-order valence-electron chi connectivity index (χ1n) is 9.10. The molecule has 1 aliphatic carbocycles. The van der Waals surface area contributed by atoms with Crippen LogP contribution in [0, 0.1) is 12.8 Å². The van der Waals surface area contributed by atoms with E-state index in [0.29, 0.717) is 17.8 Å². The number of hydrogen-bond donors (Lipinski definition) is 2. The Morgan fingerprint density at radius 3 is 2.56 bits per heavy atom. The van der Waals surface area contributed by atoms with Gasteiger partial charge in [0.15, 0.2) is 0 Å². The highest BCUT2D eigenvalue weighted by Crippen LogP contribution is 2.31. The number of carbonyl (C=O) groups excluding carboxylic acids is 2. The molecule has 27 heavy (non-hydrogen) atoms. The minimum atomic E-state index is -0.663. The van der Waals surface area contributed by atoms with Gasteiger partial charge in [0.2, 0.25) is 12.0 Å². The molecule has 2 aromatic rings. The molecule has 1 atom stereocenters. The summed E-state index contributed by atoms with van der Waals surface area (Å²) < 4.78 is 0. The van der Waals surface area contributed by atoms with Crippen molar-refractivity contribution in [3.05, 3.63) is 59.7 Å². The quantitative estimate of drug-likeness (QED) is 0.853. The molecule has 0 spiro atoms. The van der Waals surface area contributed by atoms with Crippen LogP contribution in [0.15, 0.2) is 53.7 Å². The van der Waals surface area contributed by atoms with Crippen LogP contribution in [0.5, 0.6) is 0 Å². The lowest BCUT2D eigenvalue weighted by atomic mass is 10.0. The smallest absolute Gasteiger partial charge is 0.268 e. The molecule has 1 fully saturated rings. The first-order valence-corrected chi connectivity index (χ1v) is 9.10. The van der Waals surface area contributed by atoms with Crippen molar-refractivity contribution < 1.29 is 14.4 Å². The van der Waals surface area contributed by atoms with Crippen LogP contribution < -0.4 is 10.6 Å². The molecule has 6 heteroatoms. The van der Waals surface area contributed by atoms with Crippen molar-refractivity contribution in [1.82, 2.24) is 0 Å². The summed E-state index contributed by atoms with van der Waals surface area (Å²) in [5, 5.41) is 9.85. The maximum absolute atomic E-state index is 12.6. The summed E-state index contributed by atoms with van der Waals surface area (Å²) in [5.41, 5.74) is 3.97. The van der Waals surface area contributed by atoms with Crippen molar-refractivity contribution in [3.63, 3.8) is 0 Å². The summed E-state index contributed by atoms with van der Waals surface area (Å²) in [7, 11) is 0. The Bertz CT molecular complexity index is 904. The van der Waals surface area contributed by atoms with Crippen LogP contribution in [-0.2, 0) is 14.4 Å². The second-order valence-electron chi connectivity index (χ2n) is 6.98. The lowest BCUT2D eigenvalue weighted by Crippen LogP contribution is -2.28. The fourth-order valence-electron chi connectivity index (χ4n) is 2.96. The Hall–Kier alpha value is -3.15. The Balaban J connectivity index is 1.40. The summed E-state index contributed by atoms with van der Waals surface area (Å²) in [6.07, 6.45) is 1.66. The largest absolute Gasteiger partial charge is 0.382 e. The van der Waals surface area contributed by atoms with Crippen LogP contribution in [-0.4, -0.2) is 23.6 Å². The molecule has 0 radical (unpaired) electrons. The molecule has 6 nitrogen and oxygen atoms in total. The number of oxime groups is 1. The monoisotopic (exact) mass is 363 g/mol. The Morgan fingerprint density at radius 2 is 1.81 bits per heavy atom. The van der Waals surface area contributed by atoms with Gasteiger partial charge in [0.1, 0.15) is 0 Å². The van der Waals surface area contributed by atoms with Crippen LogP contribution in [0.1, 0.15) is 30.4 Å². The van der Waals surface area contributed by atoms with E-state index >= 15 is 0 Å². The third-order valence-electron chi connectivity index (χ3n) is 4.78. The van der Waals surface area contributed by atoms with Gasteiger partial charge in [-0.3, -0.25) is 9.59 Å². The summed E-state index contributed by atoms with van der Waals surface area (Å²) >= 11 is 0. The molecule has 0 saturated heterocycles. The van der Waals surface area contributed by atoms with Crippen molar-refractivity contribution in [3.8, 4) is 0 Å². The maximum Gasteiger partial charge on any atom is 0.268 e. The van der Waals surface area contributed by atoms with Gasteiger partial charge in [0.05, 0.1) is 5.71 Å². The third kappa shape index (κ3) is 4.00. The van der Waals surface area contributed by atoms with Gasteiger partial charge in [0, 0.05) is 23.7 Å². The topological polar surface area (TPSA) is 79.8 Å². The average Bonchev–Trinajstić information content (AvgIpc) is 3.42. The van der Waals surface area contributed by atoms with Crippen LogP contribution in [0.4, 0.5) is 11.4 Å². The highest BCUT2D eigenvalue weighted by molar-refractivity contribution is 6.06. The van der Waals surface area contributed by atoms with Crippen LogP contribution >= 0.6 is 0 Å². The second-order valence-corrected chi connectivity index (χ2v) is 6.98. The van der Waals surface area contributed by atoms with E-state index in [9.17, 15) is 9.59 Å². The lowest BCUT2D eigenvalue weighted by Gasteiger charge is -2.13. The maximum atomic E-state index is 12.6. The second kappa shape index (κ2) is 7.23. The minimum Gasteiger partial charge on any atom is -0.382 e. The van der Waals surface area contributed by atoms with Crippen LogP contribution in [0.3, 0.4) is 0 Å². The van der Waals surface area contributed by atoms with Gasteiger partial charge in [-0.05, 0) is 43.0 Å². The predicted octanol–water partition coefficient (Wildman–Crippen LogP) is 3.48. The zero-order valence-electron chi connectivity index (χ0n) is 15.1. The van der Waals surface area contributed by atoms with Gasteiger partial charge in [-0.25, -0.2) is 0 Å². The van der Waals surface area contributed by atoms with Crippen molar-refractivity contribution in [2.75, 3.05) is 10.6 Å². The summed E-state index contributed by atoms with van der Waals surface area (Å²) in [4.78, 5) is 29.9. The number of nitrogens with zero attached hydrogens (tertiary/aromatic N) is 1. The number of rotatable bonds is 5. The van der Waals surface area contributed by atoms with Gasteiger partial charge in [-0.2, -0.15) is 0 Å². The van der Waals surface area contributed by atoms with Crippen molar-refractivity contribution in [1.29, 1.82) is 0 Å². The van der Waals surface area contributed by atoms with E-state index in [-0.39, 0.29) is 17.7 Å². The fourth-order valence-corrected chi connectivity index (χ4v) is 2.96. The molecule has 2 N–H and O–H groups in total. The third-order valence-corrected chi connectivity index (χ3v) is 4.78. The number of amides is 2.